The molecule has 3 rings (SSSR count). The molecule has 0 saturated heterocycles. The number of carbonyl (C=O) groups excluding carboxylic acids is 2. The topological polar surface area (TPSA) is 52.6 Å². The average Bonchev–Trinajstić information content (AvgIpc) is 3.03. The molecule has 0 saturated carbocycles. The van der Waals surface area contributed by atoms with Gasteiger partial charge < -0.3 is 9.47 Å². The molecule has 0 aliphatic carbocycles. The summed E-state index contributed by atoms with van der Waals surface area (Å²) in [5.74, 6) is -1.64. The fraction of sp³-hybridized carbons (Fsp3) is 0.111. The van der Waals surface area contributed by atoms with Crippen LogP contribution in [0.3, 0.4) is 0 Å². The molecule has 2 aromatic carbocycles. The van der Waals surface area contributed by atoms with E-state index in [2.05, 4.69) is 0 Å². The fourth-order valence-corrected chi connectivity index (χ4v) is 3.16. The van der Waals surface area contributed by atoms with Crippen LogP contribution in [0.25, 0.3) is 10.1 Å². The van der Waals surface area contributed by atoms with E-state index >= 15 is 0 Å². The lowest BCUT2D eigenvalue weighted by Crippen LogP contribution is -2.13. The van der Waals surface area contributed by atoms with Gasteiger partial charge in [-0.05, 0) is 35.7 Å². The number of ether oxygens (including phenoxy) is 2. The molecule has 0 spiro atoms. The second-order valence-corrected chi connectivity index (χ2v) is 6.08. The summed E-state index contributed by atoms with van der Waals surface area (Å²) in [6, 6.07) is 13.1. The number of methoxy groups -OCH3 is 1. The van der Waals surface area contributed by atoms with E-state index in [9.17, 15) is 14.0 Å². The van der Waals surface area contributed by atoms with Gasteiger partial charge in [0.2, 0.25) is 0 Å². The van der Waals surface area contributed by atoms with E-state index in [-0.39, 0.29) is 11.3 Å². The van der Waals surface area contributed by atoms with Crippen molar-refractivity contribution in [2.45, 2.75) is 0 Å². The number of Topliss-reactive ketones (excluding diaryl/α,β-unsaturated/α-hetero) is 1. The summed E-state index contributed by atoms with van der Waals surface area (Å²) >= 11 is 1.30. The van der Waals surface area contributed by atoms with Crippen molar-refractivity contribution < 1.29 is 23.5 Å². The first-order chi connectivity index (χ1) is 11.6. The van der Waals surface area contributed by atoms with Crippen molar-refractivity contribution in [1.29, 1.82) is 0 Å². The van der Waals surface area contributed by atoms with Crippen LogP contribution in [-0.4, -0.2) is 25.5 Å². The van der Waals surface area contributed by atoms with Crippen molar-refractivity contribution in [2.24, 2.45) is 0 Å². The highest BCUT2D eigenvalue weighted by molar-refractivity contribution is 7.20. The fourth-order valence-electron chi connectivity index (χ4n) is 2.21. The predicted molar refractivity (Wildman–Crippen MR) is 89.4 cm³/mol. The molecule has 0 fully saturated rings. The highest BCUT2D eigenvalue weighted by atomic mass is 32.1. The summed E-state index contributed by atoms with van der Waals surface area (Å²) in [6.07, 6.45) is 0. The van der Waals surface area contributed by atoms with E-state index in [4.69, 9.17) is 9.47 Å². The van der Waals surface area contributed by atoms with Crippen molar-refractivity contribution >= 4 is 33.2 Å². The van der Waals surface area contributed by atoms with Crippen LogP contribution < -0.4 is 4.74 Å². The van der Waals surface area contributed by atoms with Crippen LogP contribution in [0.15, 0.2) is 48.5 Å². The lowest BCUT2D eigenvalue weighted by molar-refractivity contribution is 0.0479. The van der Waals surface area contributed by atoms with Crippen molar-refractivity contribution in [3.05, 3.63) is 64.8 Å². The zero-order valence-electron chi connectivity index (χ0n) is 12.7. The number of hydrogen-bond acceptors (Lipinski definition) is 5. The van der Waals surface area contributed by atoms with Crippen molar-refractivity contribution in [3.63, 3.8) is 0 Å². The van der Waals surface area contributed by atoms with Crippen LogP contribution >= 0.6 is 11.3 Å². The van der Waals surface area contributed by atoms with Crippen molar-refractivity contribution in [1.82, 2.24) is 0 Å². The number of rotatable bonds is 5. The molecule has 0 radical (unpaired) electrons. The van der Waals surface area contributed by atoms with Gasteiger partial charge in [0, 0.05) is 10.3 Å². The summed E-state index contributed by atoms with van der Waals surface area (Å²) in [7, 11) is 1.34. The molecular weight excluding hydrogens is 331 g/mol. The number of thiophene rings is 1. The summed E-state index contributed by atoms with van der Waals surface area (Å²) in [6.45, 7) is -0.446. The number of hydrogen-bond donors (Lipinski definition) is 0. The summed E-state index contributed by atoms with van der Waals surface area (Å²) in [5.41, 5.74) is 0.123. The minimum Gasteiger partial charge on any atom is -0.494 e. The van der Waals surface area contributed by atoms with Gasteiger partial charge in [0.05, 0.1) is 7.11 Å². The molecule has 1 aromatic heterocycles. The molecule has 24 heavy (non-hydrogen) atoms. The number of benzene rings is 2. The highest BCUT2D eigenvalue weighted by Crippen LogP contribution is 2.26. The highest BCUT2D eigenvalue weighted by Gasteiger charge is 2.15. The molecule has 6 heteroatoms. The maximum absolute atomic E-state index is 13.6. The van der Waals surface area contributed by atoms with Gasteiger partial charge in [-0.3, -0.25) is 4.79 Å². The largest absolute Gasteiger partial charge is 0.494 e. The Hall–Kier alpha value is -2.73. The van der Waals surface area contributed by atoms with Crippen molar-refractivity contribution in [2.75, 3.05) is 13.7 Å². The maximum Gasteiger partial charge on any atom is 0.348 e. The first-order valence-corrected chi connectivity index (χ1v) is 7.92. The Morgan fingerprint density at radius 2 is 1.92 bits per heavy atom. The normalized spacial score (nSPS) is 10.6. The second-order valence-electron chi connectivity index (χ2n) is 5.00. The van der Waals surface area contributed by atoms with Crippen molar-refractivity contribution in [3.8, 4) is 5.75 Å². The Morgan fingerprint density at radius 3 is 2.62 bits per heavy atom. The molecule has 122 valence electrons. The second kappa shape index (κ2) is 6.80. The molecule has 0 atom stereocenters. The van der Waals surface area contributed by atoms with E-state index in [0.717, 1.165) is 16.2 Å². The SMILES string of the molecule is COc1ccc(C(=O)COC(=O)c2cc3ccccc3s2)cc1F. The zero-order chi connectivity index (χ0) is 17.1. The molecule has 0 amide bonds. The van der Waals surface area contributed by atoms with Crippen LogP contribution in [0.4, 0.5) is 4.39 Å². The van der Waals surface area contributed by atoms with Crippen LogP contribution in [0.1, 0.15) is 20.0 Å². The molecule has 0 N–H and O–H groups in total. The summed E-state index contributed by atoms with van der Waals surface area (Å²) < 4.78 is 24.4. The summed E-state index contributed by atoms with van der Waals surface area (Å²) in [4.78, 5) is 24.5. The van der Waals surface area contributed by atoms with Crippen LogP contribution in [-0.2, 0) is 4.74 Å². The third kappa shape index (κ3) is 3.28. The molecule has 1 heterocycles. The van der Waals surface area contributed by atoms with Gasteiger partial charge in [-0.25, -0.2) is 9.18 Å². The monoisotopic (exact) mass is 344 g/mol. The number of carbonyl (C=O) groups is 2. The number of esters is 1. The third-order valence-corrected chi connectivity index (χ3v) is 4.53. The van der Waals surface area contributed by atoms with Gasteiger partial charge in [0.1, 0.15) is 4.88 Å². The molecule has 0 aliphatic rings. The number of fused-ring (bicyclic) bond motifs is 1. The average molecular weight is 344 g/mol. The summed E-state index contributed by atoms with van der Waals surface area (Å²) in [5, 5.41) is 0.943. The molecule has 3 aromatic rings. The maximum atomic E-state index is 13.6. The minimum atomic E-state index is -0.640. The van der Waals surface area contributed by atoms with Crippen LogP contribution in [0.5, 0.6) is 5.75 Å². The van der Waals surface area contributed by atoms with Gasteiger partial charge in [-0.1, -0.05) is 18.2 Å². The Morgan fingerprint density at radius 1 is 1.12 bits per heavy atom. The van der Waals surface area contributed by atoms with E-state index in [1.807, 2.05) is 24.3 Å². The van der Waals surface area contributed by atoms with E-state index in [1.165, 1.54) is 30.6 Å². The van der Waals surface area contributed by atoms with Gasteiger partial charge in [-0.15, -0.1) is 11.3 Å². The van der Waals surface area contributed by atoms with E-state index < -0.39 is 24.2 Å². The Balaban J connectivity index is 1.67. The van der Waals surface area contributed by atoms with Gasteiger partial charge in [0.25, 0.3) is 0 Å². The third-order valence-electron chi connectivity index (χ3n) is 3.43. The number of halogens is 1. The molecule has 0 aliphatic heterocycles. The Kier molecular flexibility index (Phi) is 4.57. The smallest absolute Gasteiger partial charge is 0.348 e. The van der Waals surface area contributed by atoms with Gasteiger partial charge in [-0.2, -0.15) is 0 Å². The quantitative estimate of drug-likeness (QED) is 0.517. The van der Waals surface area contributed by atoms with Gasteiger partial charge in [0.15, 0.2) is 24.0 Å². The zero-order valence-corrected chi connectivity index (χ0v) is 13.6. The lowest BCUT2D eigenvalue weighted by Gasteiger charge is -2.05. The molecule has 0 unspecified atom stereocenters. The van der Waals surface area contributed by atoms with E-state index in [1.54, 1.807) is 6.07 Å². The van der Waals surface area contributed by atoms with Crippen LogP contribution in [0, 0.1) is 5.82 Å². The van der Waals surface area contributed by atoms with E-state index in [0.29, 0.717) is 4.88 Å². The predicted octanol–water partition coefficient (Wildman–Crippen LogP) is 4.09. The standard InChI is InChI=1S/C18H13FO4S/c1-22-15-7-6-11(8-13(15)19)14(20)10-23-18(21)17-9-12-4-2-3-5-16(12)24-17/h2-9H,10H2,1H3. The number of ketones is 1. The Bertz CT molecular complexity index is 883. The van der Waals surface area contributed by atoms with Gasteiger partial charge >= 0.3 is 5.97 Å². The Labute approximate surface area is 141 Å². The molecular formula is C18H13FO4S. The molecule has 4 nitrogen and oxygen atoms in total. The molecule has 0 bridgehead atoms. The van der Waals surface area contributed by atoms with Crippen LogP contribution in [0.2, 0.25) is 0 Å². The first kappa shape index (κ1) is 16.1. The minimum absolute atomic E-state index is 0.0498. The first-order valence-electron chi connectivity index (χ1n) is 7.11. The lowest BCUT2D eigenvalue weighted by atomic mass is 10.1.